The lowest BCUT2D eigenvalue weighted by molar-refractivity contribution is -0.137. The third-order valence-corrected chi connectivity index (χ3v) is 7.27. The van der Waals surface area contributed by atoms with Gasteiger partial charge in [-0.15, -0.1) is 0 Å². The Balaban J connectivity index is 1.17. The van der Waals surface area contributed by atoms with E-state index in [1.165, 1.54) is 24.3 Å². The van der Waals surface area contributed by atoms with Gasteiger partial charge in [0.2, 0.25) is 5.91 Å². The number of amides is 1. The van der Waals surface area contributed by atoms with Gasteiger partial charge in [0, 0.05) is 40.9 Å². The summed E-state index contributed by atoms with van der Waals surface area (Å²) in [5.41, 5.74) is -0.197. The van der Waals surface area contributed by atoms with E-state index in [2.05, 4.69) is 20.9 Å². The fourth-order valence-electron chi connectivity index (χ4n) is 5.28. The minimum absolute atomic E-state index is 0.0691. The molecule has 2 fully saturated rings. The average molecular weight is 512 g/mol. The van der Waals surface area contributed by atoms with E-state index in [0.717, 1.165) is 18.1 Å². The van der Waals surface area contributed by atoms with Crippen LogP contribution in [0.5, 0.6) is 17.2 Å². The molecule has 0 spiro atoms. The van der Waals surface area contributed by atoms with Crippen LogP contribution >= 0.6 is 0 Å². The number of carbonyl (C=O) groups excluding carboxylic acids is 1. The molecule has 1 aliphatic heterocycles. The molecule has 8 nitrogen and oxygen atoms in total. The number of hydrogen-bond donors (Lipinski definition) is 5. The Morgan fingerprint density at radius 2 is 1.97 bits per heavy atom. The molecule has 2 aromatic carbocycles. The SMILES string of the molecule is O=C1CCc2c(Oc3ccc(O)c([C@@H]4[C@@H]5C[C@@]45NC(O)Nc4ccccc4C(F)(F)F)c3)ccnc2N1. The van der Waals surface area contributed by atoms with E-state index in [1.807, 2.05) is 0 Å². The first-order chi connectivity index (χ1) is 17.7. The maximum atomic E-state index is 13.3. The van der Waals surface area contributed by atoms with Crippen molar-refractivity contribution in [2.45, 2.75) is 43.2 Å². The van der Waals surface area contributed by atoms with Crippen LogP contribution < -0.4 is 20.7 Å². The number of alkyl halides is 3. The van der Waals surface area contributed by atoms with Crippen LogP contribution in [-0.4, -0.2) is 33.0 Å². The fourth-order valence-corrected chi connectivity index (χ4v) is 5.28. The molecular formula is C26H23F3N4O4. The fraction of sp³-hybridized carbons (Fsp3) is 0.308. The first-order valence-corrected chi connectivity index (χ1v) is 11.8. The quantitative estimate of drug-likeness (QED) is 0.300. The largest absolute Gasteiger partial charge is 0.508 e. The molecule has 11 heteroatoms. The Hall–Kier alpha value is -3.83. The second kappa shape index (κ2) is 8.35. The third kappa shape index (κ3) is 4.23. The van der Waals surface area contributed by atoms with Crippen LogP contribution in [0.2, 0.25) is 0 Å². The summed E-state index contributed by atoms with van der Waals surface area (Å²) >= 11 is 0. The molecule has 3 aromatic rings. The van der Waals surface area contributed by atoms with Crippen LogP contribution in [0.25, 0.3) is 0 Å². The van der Waals surface area contributed by atoms with Gasteiger partial charge in [0.1, 0.15) is 23.1 Å². The molecule has 3 aliphatic rings. The summed E-state index contributed by atoms with van der Waals surface area (Å²) in [6.45, 7) is 0. The minimum Gasteiger partial charge on any atom is -0.508 e. The number of aromatic hydroxyl groups is 1. The third-order valence-electron chi connectivity index (χ3n) is 7.27. The number of nitrogens with zero attached hydrogens (tertiary/aromatic N) is 1. The van der Waals surface area contributed by atoms with E-state index >= 15 is 0 Å². The van der Waals surface area contributed by atoms with Crippen LogP contribution in [0, 0.1) is 5.92 Å². The van der Waals surface area contributed by atoms with E-state index in [9.17, 15) is 28.2 Å². The van der Waals surface area contributed by atoms with Crippen molar-refractivity contribution in [1.82, 2.24) is 10.3 Å². The Morgan fingerprint density at radius 3 is 2.76 bits per heavy atom. The molecule has 1 aromatic heterocycles. The molecule has 192 valence electrons. The molecule has 0 bridgehead atoms. The number of fused-ring (bicyclic) bond motifs is 2. The Kier molecular flexibility index (Phi) is 5.32. The number of nitrogens with one attached hydrogen (secondary N) is 3. The summed E-state index contributed by atoms with van der Waals surface area (Å²) in [5.74, 6) is 1.47. The zero-order chi connectivity index (χ0) is 25.9. The minimum atomic E-state index is -4.56. The van der Waals surface area contributed by atoms with Gasteiger partial charge in [-0.2, -0.15) is 13.2 Å². The van der Waals surface area contributed by atoms with Crippen molar-refractivity contribution in [2.24, 2.45) is 5.92 Å². The van der Waals surface area contributed by atoms with Gasteiger partial charge in [-0.05, 0) is 55.2 Å². The molecule has 37 heavy (non-hydrogen) atoms. The van der Waals surface area contributed by atoms with Gasteiger partial charge in [0.25, 0.3) is 0 Å². The van der Waals surface area contributed by atoms with Crippen molar-refractivity contribution in [1.29, 1.82) is 0 Å². The van der Waals surface area contributed by atoms with Crippen molar-refractivity contribution in [3.8, 4) is 17.2 Å². The molecule has 1 amide bonds. The second-order valence-corrected chi connectivity index (χ2v) is 9.57. The molecule has 5 N–H and O–H groups in total. The zero-order valence-corrected chi connectivity index (χ0v) is 19.3. The van der Waals surface area contributed by atoms with E-state index in [1.54, 1.807) is 24.4 Å². The van der Waals surface area contributed by atoms with Crippen LogP contribution in [0.4, 0.5) is 24.7 Å². The number of ether oxygens (including phenoxy) is 1. The Labute approximate surface area is 209 Å². The number of phenols is 1. The smallest absolute Gasteiger partial charge is 0.418 e. The number of hydrogen-bond acceptors (Lipinski definition) is 7. The monoisotopic (exact) mass is 512 g/mol. The lowest BCUT2D eigenvalue weighted by Gasteiger charge is -2.23. The summed E-state index contributed by atoms with van der Waals surface area (Å²) in [6.07, 6.45) is -2.88. The number of aromatic nitrogens is 1. The van der Waals surface area contributed by atoms with E-state index in [-0.39, 0.29) is 29.2 Å². The van der Waals surface area contributed by atoms with E-state index in [4.69, 9.17) is 4.74 Å². The topological polar surface area (TPSA) is 116 Å². The van der Waals surface area contributed by atoms with Gasteiger partial charge in [-0.3, -0.25) is 10.1 Å². The molecule has 1 unspecified atom stereocenters. The highest BCUT2D eigenvalue weighted by Crippen LogP contribution is 2.77. The van der Waals surface area contributed by atoms with Crippen LogP contribution in [0.3, 0.4) is 0 Å². The van der Waals surface area contributed by atoms with E-state index in [0.29, 0.717) is 35.7 Å². The van der Waals surface area contributed by atoms with Gasteiger partial charge < -0.3 is 25.6 Å². The number of para-hydroxylation sites is 1. The number of aliphatic hydroxyl groups is 1. The summed E-state index contributed by atoms with van der Waals surface area (Å²) in [7, 11) is 0. The molecule has 0 saturated heterocycles. The summed E-state index contributed by atoms with van der Waals surface area (Å²) in [6, 6.07) is 11.5. The summed E-state index contributed by atoms with van der Waals surface area (Å²) < 4.78 is 45.9. The first-order valence-electron chi connectivity index (χ1n) is 11.8. The number of halogens is 3. The second-order valence-electron chi connectivity index (χ2n) is 9.57. The van der Waals surface area contributed by atoms with Crippen molar-refractivity contribution >= 4 is 17.4 Å². The van der Waals surface area contributed by atoms with Crippen molar-refractivity contribution in [2.75, 3.05) is 10.6 Å². The normalized spacial score (nSPS) is 24.4. The lowest BCUT2D eigenvalue weighted by Crippen LogP contribution is -2.42. The summed E-state index contributed by atoms with van der Waals surface area (Å²) in [4.78, 5) is 15.9. The van der Waals surface area contributed by atoms with Crippen molar-refractivity contribution < 1.29 is 32.9 Å². The highest BCUT2D eigenvalue weighted by molar-refractivity contribution is 5.93. The average Bonchev–Trinajstić information content (AvgIpc) is 3.70. The number of pyridine rings is 1. The highest BCUT2D eigenvalue weighted by Gasteiger charge is 2.80. The van der Waals surface area contributed by atoms with Crippen molar-refractivity contribution in [3.05, 3.63) is 71.4 Å². The van der Waals surface area contributed by atoms with Gasteiger partial charge >= 0.3 is 6.18 Å². The maximum absolute atomic E-state index is 13.3. The molecule has 2 heterocycles. The number of aliphatic hydroxyl groups excluding tert-OH is 1. The van der Waals surface area contributed by atoms with E-state index < -0.39 is 23.6 Å². The summed E-state index contributed by atoms with van der Waals surface area (Å²) in [5, 5.41) is 29.3. The van der Waals surface area contributed by atoms with Gasteiger partial charge in [0.15, 0.2) is 6.35 Å². The molecule has 0 radical (unpaired) electrons. The molecule has 2 aliphatic carbocycles. The lowest BCUT2D eigenvalue weighted by atomic mass is 9.99. The number of phenolic OH excluding ortho intramolecular Hbond substituents is 1. The Bertz CT molecular complexity index is 1400. The predicted octanol–water partition coefficient (Wildman–Crippen LogP) is 4.32. The predicted molar refractivity (Wildman–Crippen MR) is 127 cm³/mol. The van der Waals surface area contributed by atoms with Crippen LogP contribution in [-0.2, 0) is 17.4 Å². The number of anilines is 2. The van der Waals surface area contributed by atoms with Gasteiger partial charge in [0.05, 0.1) is 5.56 Å². The molecule has 4 atom stereocenters. The van der Waals surface area contributed by atoms with Crippen molar-refractivity contribution in [3.63, 3.8) is 0 Å². The van der Waals surface area contributed by atoms with Crippen LogP contribution in [0.1, 0.15) is 35.4 Å². The van der Waals surface area contributed by atoms with Crippen LogP contribution in [0.15, 0.2) is 54.7 Å². The standard InChI is InChI=1S/C26H23F3N4O4/c27-26(28,29)16-3-1-2-4-18(16)31-24(36)33-25-12-17(25)22(25)15-11-13(5-7-19(15)34)37-20-9-10-30-23-14(20)6-8-21(35)32-23/h1-5,7,9-11,17,22,24,31,33-34,36H,6,8,12H2,(H,30,32,35)/t17-,22+,24?,25-/m0/s1. The Morgan fingerprint density at radius 1 is 1.16 bits per heavy atom. The molecule has 2 saturated carbocycles. The highest BCUT2D eigenvalue weighted by atomic mass is 19.4. The molecular weight excluding hydrogens is 489 g/mol. The van der Waals surface area contributed by atoms with Gasteiger partial charge in [-0.1, -0.05) is 12.1 Å². The first kappa shape index (κ1) is 23.6. The van der Waals surface area contributed by atoms with Gasteiger partial charge in [-0.25, -0.2) is 4.98 Å². The number of rotatable bonds is 7. The number of benzene rings is 2. The maximum Gasteiger partial charge on any atom is 0.418 e. The number of carbonyl (C=O) groups is 1. The zero-order valence-electron chi connectivity index (χ0n) is 19.3. The molecule has 6 rings (SSSR count).